The van der Waals surface area contributed by atoms with Crippen molar-refractivity contribution in [2.75, 3.05) is 47.3 Å². The van der Waals surface area contributed by atoms with Crippen molar-refractivity contribution in [1.29, 1.82) is 0 Å². The largest absolute Gasteiger partial charge is 0.357 e. The zero-order chi connectivity index (χ0) is 21.1. The zero-order valence-corrected chi connectivity index (χ0v) is 21.4. The van der Waals surface area contributed by atoms with Crippen LogP contribution in [0.25, 0.3) is 0 Å². The van der Waals surface area contributed by atoms with Gasteiger partial charge in [0.1, 0.15) is 0 Å². The van der Waals surface area contributed by atoms with Gasteiger partial charge < -0.3 is 20.4 Å². The summed E-state index contributed by atoms with van der Waals surface area (Å²) < 4.78 is 0. The second kappa shape index (κ2) is 14.6. The first-order valence-electron chi connectivity index (χ1n) is 11.0. The number of aliphatic imine (C=N–C) groups is 1. The van der Waals surface area contributed by atoms with Gasteiger partial charge in [0.15, 0.2) is 5.96 Å². The van der Waals surface area contributed by atoms with Gasteiger partial charge in [0.25, 0.3) is 5.91 Å². The molecule has 7 heteroatoms. The molecule has 170 valence electrons. The van der Waals surface area contributed by atoms with Gasteiger partial charge in [-0.3, -0.25) is 9.79 Å². The molecule has 2 N–H and O–H groups in total. The van der Waals surface area contributed by atoms with E-state index in [4.69, 9.17) is 4.99 Å². The molecular formula is C23H40IN5O. The number of carbonyl (C=O) groups is 1. The van der Waals surface area contributed by atoms with E-state index in [9.17, 15) is 4.79 Å². The molecule has 1 amide bonds. The fraction of sp³-hybridized carbons (Fsp3) is 0.652. The molecule has 1 fully saturated rings. The molecule has 30 heavy (non-hydrogen) atoms. The summed E-state index contributed by atoms with van der Waals surface area (Å²) in [5.41, 5.74) is 1.89. The lowest BCUT2D eigenvalue weighted by atomic mass is 9.94. The number of benzene rings is 1. The average molecular weight is 530 g/mol. The van der Waals surface area contributed by atoms with Gasteiger partial charge in [-0.2, -0.15) is 0 Å². The summed E-state index contributed by atoms with van der Waals surface area (Å²) in [5, 5.41) is 6.75. The van der Waals surface area contributed by atoms with Gasteiger partial charge in [-0.05, 0) is 50.9 Å². The van der Waals surface area contributed by atoms with E-state index in [2.05, 4.69) is 35.6 Å². The van der Waals surface area contributed by atoms with Crippen LogP contribution >= 0.6 is 24.0 Å². The van der Waals surface area contributed by atoms with Crippen LogP contribution in [-0.4, -0.2) is 75.0 Å². The van der Waals surface area contributed by atoms with Gasteiger partial charge in [0.2, 0.25) is 0 Å². The van der Waals surface area contributed by atoms with E-state index in [0.29, 0.717) is 0 Å². The predicted molar refractivity (Wildman–Crippen MR) is 137 cm³/mol. The standard InChI is InChI=1S/C23H39N5O.HI/c1-5-24-23(26-16-17-28(4)21-12-7-6-8-13-21)25-15-14-19-10-9-11-20(18-19)22(29)27(2)3;/h9-11,18,21H,5-8,12-17H2,1-4H3,(H2,24,25,26);1H. The van der Waals surface area contributed by atoms with Crippen LogP contribution in [0.3, 0.4) is 0 Å². The molecule has 0 unspecified atom stereocenters. The first-order valence-corrected chi connectivity index (χ1v) is 11.0. The summed E-state index contributed by atoms with van der Waals surface area (Å²) in [6.07, 6.45) is 7.62. The average Bonchev–Trinajstić information content (AvgIpc) is 2.74. The van der Waals surface area contributed by atoms with Gasteiger partial charge >= 0.3 is 0 Å². The first-order chi connectivity index (χ1) is 14.0. The normalized spacial score (nSPS) is 14.9. The number of carbonyl (C=O) groups excluding carboxylic acids is 1. The van der Waals surface area contributed by atoms with E-state index < -0.39 is 0 Å². The van der Waals surface area contributed by atoms with E-state index in [-0.39, 0.29) is 29.9 Å². The van der Waals surface area contributed by atoms with E-state index in [1.807, 2.05) is 18.2 Å². The van der Waals surface area contributed by atoms with Crippen LogP contribution < -0.4 is 10.6 Å². The lowest BCUT2D eigenvalue weighted by Gasteiger charge is -2.30. The minimum atomic E-state index is 0. The van der Waals surface area contributed by atoms with Gasteiger partial charge in [-0.25, -0.2) is 0 Å². The summed E-state index contributed by atoms with van der Waals surface area (Å²) in [7, 11) is 5.79. The molecular weight excluding hydrogens is 489 g/mol. The third kappa shape index (κ3) is 9.20. The smallest absolute Gasteiger partial charge is 0.253 e. The number of halogens is 1. The second-order valence-electron chi connectivity index (χ2n) is 8.11. The van der Waals surface area contributed by atoms with Gasteiger partial charge in [-0.1, -0.05) is 31.4 Å². The highest BCUT2D eigenvalue weighted by atomic mass is 127. The Hall–Kier alpha value is -1.35. The van der Waals surface area contributed by atoms with Crippen molar-refractivity contribution < 1.29 is 4.79 Å². The minimum absolute atomic E-state index is 0. The molecule has 1 saturated carbocycles. The van der Waals surface area contributed by atoms with E-state index in [0.717, 1.165) is 55.7 Å². The molecule has 1 aliphatic carbocycles. The van der Waals surface area contributed by atoms with Crippen LogP contribution in [0, 0.1) is 0 Å². The molecule has 2 rings (SSSR count). The highest BCUT2D eigenvalue weighted by Crippen LogP contribution is 2.21. The molecule has 6 nitrogen and oxygen atoms in total. The minimum Gasteiger partial charge on any atom is -0.357 e. The molecule has 0 radical (unpaired) electrons. The number of nitrogens with zero attached hydrogens (tertiary/aromatic N) is 3. The topological polar surface area (TPSA) is 60.0 Å². The quantitative estimate of drug-likeness (QED) is 0.293. The van der Waals surface area contributed by atoms with Crippen molar-refractivity contribution in [2.24, 2.45) is 4.99 Å². The lowest BCUT2D eigenvalue weighted by molar-refractivity contribution is 0.0827. The molecule has 1 aromatic rings. The molecule has 0 bridgehead atoms. The number of likely N-dealkylation sites (N-methyl/N-ethyl adjacent to an activating group) is 1. The third-order valence-corrected chi connectivity index (χ3v) is 5.55. The predicted octanol–water partition coefficient (Wildman–Crippen LogP) is 3.37. The molecule has 0 spiro atoms. The van der Waals surface area contributed by atoms with E-state index in [1.165, 1.54) is 32.1 Å². The number of amides is 1. The van der Waals surface area contributed by atoms with E-state index >= 15 is 0 Å². The van der Waals surface area contributed by atoms with Crippen LogP contribution in [0.5, 0.6) is 0 Å². The van der Waals surface area contributed by atoms with Crippen LogP contribution in [0.1, 0.15) is 54.9 Å². The maximum atomic E-state index is 12.1. The van der Waals surface area contributed by atoms with Crippen molar-refractivity contribution in [2.45, 2.75) is 51.5 Å². The Kier molecular flexibility index (Phi) is 13.0. The van der Waals surface area contributed by atoms with Crippen LogP contribution in [-0.2, 0) is 6.42 Å². The Bertz CT molecular complexity index is 659. The highest BCUT2D eigenvalue weighted by molar-refractivity contribution is 14.0. The first kappa shape index (κ1) is 26.7. The third-order valence-electron chi connectivity index (χ3n) is 5.55. The number of guanidine groups is 1. The van der Waals surface area contributed by atoms with Gasteiger partial charge in [0.05, 0.1) is 6.54 Å². The number of hydrogen-bond acceptors (Lipinski definition) is 3. The maximum absolute atomic E-state index is 12.1. The summed E-state index contributed by atoms with van der Waals surface area (Å²) in [6, 6.07) is 8.59. The molecule has 0 atom stereocenters. The Morgan fingerprint density at radius 1 is 1.13 bits per heavy atom. The number of hydrogen-bond donors (Lipinski definition) is 2. The summed E-state index contributed by atoms with van der Waals surface area (Å²) in [4.78, 5) is 20.9. The fourth-order valence-electron chi connectivity index (χ4n) is 3.81. The van der Waals surface area contributed by atoms with Crippen molar-refractivity contribution in [3.05, 3.63) is 35.4 Å². The SMILES string of the molecule is CCNC(=NCCN(C)C1CCCCC1)NCCc1cccc(C(=O)N(C)C)c1.I. The molecule has 0 heterocycles. The second-order valence-corrected chi connectivity index (χ2v) is 8.11. The lowest BCUT2D eigenvalue weighted by Crippen LogP contribution is -2.39. The zero-order valence-electron chi connectivity index (χ0n) is 19.1. The number of rotatable bonds is 9. The monoisotopic (exact) mass is 529 g/mol. The summed E-state index contributed by atoms with van der Waals surface area (Å²) in [5.74, 6) is 0.905. The Balaban J connectivity index is 0.00000450. The van der Waals surface area contributed by atoms with Crippen LogP contribution in [0.4, 0.5) is 0 Å². The van der Waals surface area contributed by atoms with Crippen LogP contribution in [0.15, 0.2) is 29.3 Å². The highest BCUT2D eigenvalue weighted by Gasteiger charge is 2.17. The summed E-state index contributed by atoms with van der Waals surface area (Å²) >= 11 is 0. The van der Waals surface area contributed by atoms with Gasteiger partial charge in [-0.15, -0.1) is 24.0 Å². The Morgan fingerprint density at radius 2 is 1.87 bits per heavy atom. The molecule has 0 aliphatic heterocycles. The van der Waals surface area contributed by atoms with Crippen molar-refractivity contribution in [1.82, 2.24) is 20.4 Å². The van der Waals surface area contributed by atoms with E-state index in [1.54, 1.807) is 19.0 Å². The molecule has 0 saturated heterocycles. The molecule has 1 aromatic carbocycles. The molecule has 0 aromatic heterocycles. The Labute approximate surface area is 199 Å². The maximum Gasteiger partial charge on any atom is 0.253 e. The van der Waals surface area contributed by atoms with Crippen molar-refractivity contribution in [3.8, 4) is 0 Å². The summed E-state index contributed by atoms with van der Waals surface area (Å²) in [6.45, 7) is 5.51. The van der Waals surface area contributed by atoms with Crippen LogP contribution in [0.2, 0.25) is 0 Å². The van der Waals surface area contributed by atoms with Crippen molar-refractivity contribution in [3.63, 3.8) is 0 Å². The fourth-order valence-corrected chi connectivity index (χ4v) is 3.81. The van der Waals surface area contributed by atoms with Crippen molar-refractivity contribution >= 4 is 35.8 Å². The van der Waals surface area contributed by atoms with Gasteiger partial charge in [0, 0.05) is 45.3 Å². The Morgan fingerprint density at radius 3 is 2.53 bits per heavy atom. The molecule has 1 aliphatic rings. The number of nitrogens with one attached hydrogen (secondary N) is 2.